The quantitative estimate of drug-likeness (QED) is 0.367. The molecular formula is C22H16N4O2S. The summed E-state index contributed by atoms with van der Waals surface area (Å²) in [5.41, 5.74) is 2.39. The summed E-state index contributed by atoms with van der Waals surface area (Å²) in [5, 5.41) is 8.95. The molecule has 0 saturated heterocycles. The predicted molar refractivity (Wildman–Crippen MR) is 111 cm³/mol. The van der Waals surface area contributed by atoms with Crippen LogP contribution in [0, 0.1) is 19.3 Å². The summed E-state index contributed by atoms with van der Waals surface area (Å²) >= 11 is 1.30. The SMILES string of the molecule is C#CCSc1nc(-c2ccccc2)n(C(=O)c2c(-c3ccccc3)noc2C)n1. The molecule has 6 nitrogen and oxygen atoms in total. The van der Waals surface area contributed by atoms with E-state index in [9.17, 15) is 4.79 Å². The van der Waals surface area contributed by atoms with Gasteiger partial charge in [0.05, 0.1) is 5.75 Å². The van der Waals surface area contributed by atoms with Gasteiger partial charge in [-0.1, -0.05) is 83.5 Å². The van der Waals surface area contributed by atoms with Gasteiger partial charge >= 0.3 is 0 Å². The molecule has 2 aromatic carbocycles. The van der Waals surface area contributed by atoms with E-state index in [0.29, 0.717) is 33.8 Å². The Kier molecular flexibility index (Phi) is 5.27. The topological polar surface area (TPSA) is 73.8 Å². The van der Waals surface area contributed by atoms with E-state index >= 15 is 0 Å². The Balaban J connectivity index is 1.83. The number of thioether (sulfide) groups is 1. The molecule has 0 aliphatic heterocycles. The molecular weight excluding hydrogens is 384 g/mol. The summed E-state index contributed by atoms with van der Waals surface area (Å²) < 4.78 is 6.64. The summed E-state index contributed by atoms with van der Waals surface area (Å²) in [6.45, 7) is 1.71. The molecule has 0 fully saturated rings. The van der Waals surface area contributed by atoms with Gasteiger partial charge in [0, 0.05) is 11.1 Å². The number of hydrogen-bond acceptors (Lipinski definition) is 6. The first-order valence-corrected chi connectivity index (χ1v) is 9.82. The molecule has 4 aromatic rings. The molecule has 2 heterocycles. The maximum atomic E-state index is 13.5. The van der Waals surface area contributed by atoms with Gasteiger partial charge in [-0.3, -0.25) is 4.79 Å². The first-order valence-electron chi connectivity index (χ1n) is 8.84. The van der Waals surface area contributed by atoms with Gasteiger partial charge in [-0.05, 0) is 6.92 Å². The number of aryl methyl sites for hydroxylation is 1. The molecule has 142 valence electrons. The van der Waals surface area contributed by atoms with Crippen molar-refractivity contribution in [2.24, 2.45) is 0 Å². The first kappa shape index (κ1) is 18.7. The van der Waals surface area contributed by atoms with Gasteiger partial charge in [0.15, 0.2) is 5.82 Å². The van der Waals surface area contributed by atoms with E-state index in [-0.39, 0.29) is 5.91 Å². The molecule has 2 aromatic heterocycles. The standard InChI is InChI=1S/C22H16N4O2S/c1-3-14-29-22-23-20(17-12-8-5-9-13-17)26(24-22)21(27)18-15(2)28-25-19(18)16-10-6-4-7-11-16/h1,4-13H,14H2,2H3. The number of terminal acetylenes is 1. The van der Waals surface area contributed by atoms with Crippen LogP contribution in [0.4, 0.5) is 0 Å². The van der Waals surface area contributed by atoms with E-state index in [1.54, 1.807) is 6.92 Å². The Labute approximate surface area is 172 Å². The third-order valence-corrected chi connectivity index (χ3v) is 4.96. The van der Waals surface area contributed by atoms with Crippen molar-refractivity contribution in [1.82, 2.24) is 19.9 Å². The van der Waals surface area contributed by atoms with Crippen LogP contribution in [0.25, 0.3) is 22.6 Å². The molecule has 29 heavy (non-hydrogen) atoms. The molecule has 0 spiro atoms. The smallest absolute Gasteiger partial charge is 0.286 e. The fourth-order valence-electron chi connectivity index (χ4n) is 2.90. The summed E-state index contributed by atoms with van der Waals surface area (Å²) in [6, 6.07) is 18.8. The van der Waals surface area contributed by atoms with E-state index in [4.69, 9.17) is 10.9 Å². The van der Waals surface area contributed by atoms with Crippen molar-refractivity contribution in [3.05, 3.63) is 72.0 Å². The van der Waals surface area contributed by atoms with Crippen LogP contribution >= 0.6 is 11.8 Å². The van der Waals surface area contributed by atoms with Gasteiger partial charge in [0.1, 0.15) is 17.0 Å². The second kappa shape index (κ2) is 8.17. The fraction of sp³-hybridized carbons (Fsp3) is 0.0909. The maximum Gasteiger partial charge on any atom is 0.286 e. The molecule has 4 rings (SSSR count). The minimum Gasteiger partial charge on any atom is -0.360 e. The molecule has 0 aliphatic carbocycles. The van der Waals surface area contributed by atoms with Gasteiger partial charge < -0.3 is 4.52 Å². The van der Waals surface area contributed by atoms with E-state index < -0.39 is 0 Å². The van der Waals surface area contributed by atoms with E-state index in [2.05, 4.69) is 21.2 Å². The van der Waals surface area contributed by atoms with E-state index in [1.807, 2.05) is 60.7 Å². The second-order valence-corrected chi connectivity index (χ2v) is 7.06. The maximum absolute atomic E-state index is 13.5. The van der Waals surface area contributed by atoms with Gasteiger partial charge in [-0.2, -0.15) is 4.68 Å². The summed E-state index contributed by atoms with van der Waals surface area (Å²) in [7, 11) is 0. The zero-order chi connectivity index (χ0) is 20.2. The number of nitrogens with zero attached hydrogens (tertiary/aromatic N) is 4. The third-order valence-electron chi connectivity index (χ3n) is 4.22. The molecule has 0 aliphatic rings. The average molecular weight is 400 g/mol. The summed E-state index contributed by atoms with van der Waals surface area (Å²) in [6.07, 6.45) is 5.35. The van der Waals surface area contributed by atoms with Crippen LogP contribution in [0.1, 0.15) is 16.1 Å². The first-order chi connectivity index (χ1) is 14.2. The summed E-state index contributed by atoms with van der Waals surface area (Å²) in [4.78, 5) is 18.0. The van der Waals surface area contributed by atoms with Crippen molar-refractivity contribution in [3.8, 4) is 35.0 Å². The van der Waals surface area contributed by atoms with Crippen molar-refractivity contribution in [2.45, 2.75) is 12.1 Å². The number of benzene rings is 2. The lowest BCUT2D eigenvalue weighted by atomic mass is 10.1. The van der Waals surface area contributed by atoms with Crippen molar-refractivity contribution >= 4 is 17.7 Å². The highest BCUT2D eigenvalue weighted by molar-refractivity contribution is 7.99. The van der Waals surface area contributed by atoms with Gasteiger partial charge in [0.25, 0.3) is 5.91 Å². The van der Waals surface area contributed by atoms with Gasteiger partial charge in [0.2, 0.25) is 5.16 Å². The molecule has 0 bridgehead atoms. The van der Waals surface area contributed by atoms with Gasteiger partial charge in [-0.25, -0.2) is 4.98 Å². The van der Waals surface area contributed by atoms with E-state index in [0.717, 1.165) is 11.1 Å². The van der Waals surface area contributed by atoms with Crippen LogP contribution in [0.3, 0.4) is 0 Å². The van der Waals surface area contributed by atoms with Crippen molar-refractivity contribution in [3.63, 3.8) is 0 Å². The lowest BCUT2D eigenvalue weighted by Gasteiger charge is -2.05. The van der Waals surface area contributed by atoms with Crippen LogP contribution in [0.5, 0.6) is 0 Å². The van der Waals surface area contributed by atoms with Crippen LogP contribution < -0.4 is 0 Å². The lowest BCUT2D eigenvalue weighted by Crippen LogP contribution is -2.16. The Morgan fingerprint density at radius 3 is 2.41 bits per heavy atom. The van der Waals surface area contributed by atoms with E-state index in [1.165, 1.54) is 16.4 Å². The second-order valence-electron chi connectivity index (χ2n) is 6.12. The number of carbonyl (C=O) groups is 1. The molecule has 0 radical (unpaired) electrons. The third kappa shape index (κ3) is 3.71. The molecule has 0 saturated carbocycles. The average Bonchev–Trinajstić information content (AvgIpc) is 3.37. The molecule has 0 amide bonds. The van der Waals surface area contributed by atoms with Crippen LogP contribution in [0.15, 0.2) is 70.3 Å². The zero-order valence-corrected chi connectivity index (χ0v) is 16.4. The highest BCUT2D eigenvalue weighted by atomic mass is 32.2. The Morgan fingerprint density at radius 2 is 1.76 bits per heavy atom. The summed E-state index contributed by atoms with van der Waals surface area (Å²) in [5.74, 6) is 3.45. The monoisotopic (exact) mass is 400 g/mol. The molecule has 0 N–H and O–H groups in total. The number of rotatable bonds is 5. The van der Waals surface area contributed by atoms with Crippen LogP contribution in [-0.4, -0.2) is 31.6 Å². The van der Waals surface area contributed by atoms with Crippen LogP contribution in [-0.2, 0) is 0 Å². The zero-order valence-electron chi connectivity index (χ0n) is 15.6. The molecule has 0 atom stereocenters. The minimum atomic E-state index is -0.360. The largest absolute Gasteiger partial charge is 0.360 e. The van der Waals surface area contributed by atoms with Gasteiger partial charge in [-0.15, -0.1) is 11.5 Å². The number of hydrogen-bond donors (Lipinski definition) is 0. The van der Waals surface area contributed by atoms with Crippen LogP contribution in [0.2, 0.25) is 0 Å². The highest BCUT2D eigenvalue weighted by Gasteiger charge is 2.27. The van der Waals surface area contributed by atoms with Crippen molar-refractivity contribution < 1.29 is 9.32 Å². The Morgan fingerprint density at radius 1 is 1.10 bits per heavy atom. The highest BCUT2D eigenvalue weighted by Crippen LogP contribution is 2.28. The lowest BCUT2D eigenvalue weighted by molar-refractivity contribution is 0.0944. The van der Waals surface area contributed by atoms with Crippen molar-refractivity contribution in [1.29, 1.82) is 0 Å². The van der Waals surface area contributed by atoms with Crippen molar-refractivity contribution in [2.75, 3.05) is 5.75 Å². The Bertz CT molecular complexity index is 1190. The molecule has 7 heteroatoms. The molecule has 0 unspecified atom stereocenters. The minimum absolute atomic E-state index is 0.354. The number of aromatic nitrogens is 4. The fourth-order valence-corrected chi connectivity index (χ4v) is 3.40. The normalized spacial score (nSPS) is 10.6. The predicted octanol–water partition coefficient (Wildman–Crippen LogP) is 4.32. The number of carbonyl (C=O) groups excluding carboxylic acids is 1. The Hall–Kier alpha value is -3.63.